The van der Waals surface area contributed by atoms with Crippen molar-refractivity contribution in [3.05, 3.63) is 28.7 Å². The molecule has 1 atom stereocenters. The van der Waals surface area contributed by atoms with E-state index in [2.05, 4.69) is 0 Å². The number of nitrogen functional groups attached to an aromatic ring is 1. The Bertz CT molecular complexity index is 428. The van der Waals surface area contributed by atoms with Gasteiger partial charge in [0.25, 0.3) is 11.5 Å². The highest BCUT2D eigenvalue weighted by atomic mass is 19.3. The molecule has 0 aliphatic heterocycles. The molecule has 1 heterocycles. The lowest BCUT2D eigenvalue weighted by atomic mass is 10.3. The first kappa shape index (κ1) is 10.1. The maximum atomic E-state index is 12.6. The van der Waals surface area contributed by atoms with Gasteiger partial charge >= 0.3 is 0 Å². The van der Waals surface area contributed by atoms with Gasteiger partial charge in [0.15, 0.2) is 0 Å². The number of hydrogen-bond donors (Lipinski definition) is 1. The molecule has 0 spiro atoms. The van der Waals surface area contributed by atoms with Crippen molar-refractivity contribution in [3.63, 3.8) is 0 Å². The highest BCUT2D eigenvalue weighted by Gasteiger charge is 2.55. The minimum atomic E-state index is -2.51. The molecule has 0 amide bonds. The van der Waals surface area contributed by atoms with E-state index in [0.29, 0.717) is 13.0 Å². The number of nitrogens with two attached hydrogens (primary N) is 1. The van der Waals surface area contributed by atoms with Gasteiger partial charge in [-0.3, -0.25) is 4.79 Å². The Morgan fingerprint density at radius 2 is 2.27 bits per heavy atom. The van der Waals surface area contributed by atoms with Crippen molar-refractivity contribution >= 4 is 5.69 Å². The average molecular weight is 214 g/mol. The van der Waals surface area contributed by atoms with Crippen molar-refractivity contribution in [1.82, 2.24) is 4.57 Å². The molecule has 0 bridgehead atoms. The number of rotatable bonds is 3. The van der Waals surface area contributed by atoms with Crippen LogP contribution in [0.5, 0.6) is 0 Å². The third-order valence-electron chi connectivity index (χ3n) is 2.72. The molecule has 0 aromatic carbocycles. The van der Waals surface area contributed by atoms with E-state index < -0.39 is 11.8 Å². The lowest BCUT2D eigenvalue weighted by molar-refractivity contribution is 0.0960. The Hall–Kier alpha value is -1.39. The predicted octanol–water partition coefficient (Wildman–Crippen LogP) is 1.48. The molecule has 5 heteroatoms. The topological polar surface area (TPSA) is 48.0 Å². The Balaban J connectivity index is 2.00. The first-order valence-corrected chi connectivity index (χ1v) is 4.83. The van der Waals surface area contributed by atoms with Crippen LogP contribution < -0.4 is 11.3 Å². The average Bonchev–Trinajstić information content (AvgIpc) is 2.77. The second kappa shape index (κ2) is 3.32. The van der Waals surface area contributed by atoms with Crippen LogP contribution in [-0.2, 0) is 6.54 Å². The van der Waals surface area contributed by atoms with Gasteiger partial charge in [-0.25, -0.2) is 8.78 Å². The first-order valence-electron chi connectivity index (χ1n) is 4.83. The van der Waals surface area contributed by atoms with Gasteiger partial charge in [0.1, 0.15) is 0 Å². The molecule has 2 N–H and O–H groups in total. The fourth-order valence-corrected chi connectivity index (χ4v) is 1.61. The largest absolute Gasteiger partial charge is 0.394 e. The van der Waals surface area contributed by atoms with E-state index in [1.165, 1.54) is 10.6 Å². The summed E-state index contributed by atoms with van der Waals surface area (Å²) < 4.78 is 26.5. The van der Waals surface area contributed by atoms with Crippen LogP contribution in [0.25, 0.3) is 0 Å². The Morgan fingerprint density at radius 1 is 1.60 bits per heavy atom. The summed E-state index contributed by atoms with van der Waals surface area (Å²) in [4.78, 5) is 11.4. The summed E-state index contributed by atoms with van der Waals surface area (Å²) in [6.07, 6.45) is 1.85. The molecular weight excluding hydrogens is 202 g/mol. The molecule has 1 saturated carbocycles. The van der Waals surface area contributed by atoms with Crippen LogP contribution in [0.4, 0.5) is 14.5 Å². The molecule has 82 valence electrons. The third-order valence-corrected chi connectivity index (χ3v) is 2.72. The van der Waals surface area contributed by atoms with Crippen molar-refractivity contribution in [3.8, 4) is 0 Å². The van der Waals surface area contributed by atoms with Crippen LogP contribution in [-0.4, -0.2) is 10.5 Å². The van der Waals surface area contributed by atoms with E-state index in [1.54, 1.807) is 12.3 Å². The molecule has 1 unspecified atom stereocenters. The molecule has 15 heavy (non-hydrogen) atoms. The van der Waals surface area contributed by atoms with Crippen LogP contribution in [0.15, 0.2) is 23.1 Å². The van der Waals surface area contributed by atoms with Gasteiger partial charge in [0.2, 0.25) is 0 Å². The zero-order chi connectivity index (χ0) is 11.1. The summed E-state index contributed by atoms with van der Waals surface area (Å²) in [6.45, 7) is 0.310. The highest BCUT2D eigenvalue weighted by molar-refractivity contribution is 5.33. The molecule has 2 rings (SSSR count). The number of aromatic nitrogens is 1. The van der Waals surface area contributed by atoms with Gasteiger partial charge < -0.3 is 10.3 Å². The molecule has 1 aliphatic carbocycles. The number of aryl methyl sites for hydroxylation is 1. The molecule has 3 nitrogen and oxygen atoms in total. The number of pyridine rings is 1. The summed E-state index contributed by atoms with van der Waals surface area (Å²) >= 11 is 0. The van der Waals surface area contributed by atoms with Crippen LogP contribution in [0.3, 0.4) is 0 Å². The molecule has 1 aromatic rings. The fourth-order valence-electron chi connectivity index (χ4n) is 1.61. The van der Waals surface area contributed by atoms with Crippen molar-refractivity contribution in [2.45, 2.75) is 25.3 Å². The minimum absolute atomic E-state index is 0.0515. The number of anilines is 1. The van der Waals surface area contributed by atoms with E-state index in [0.717, 1.165) is 0 Å². The summed E-state index contributed by atoms with van der Waals surface area (Å²) in [5.74, 6) is -3.07. The second-order valence-corrected chi connectivity index (χ2v) is 3.91. The fraction of sp³-hybridized carbons (Fsp3) is 0.500. The van der Waals surface area contributed by atoms with E-state index >= 15 is 0 Å². The van der Waals surface area contributed by atoms with Gasteiger partial charge in [-0.15, -0.1) is 0 Å². The van der Waals surface area contributed by atoms with E-state index in [-0.39, 0.29) is 17.7 Å². The zero-order valence-corrected chi connectivity index (χ0v) is 8.12. The zero-order valence-electron chi connectivity index (χ0n) is 8.12. The predicted molar refractivity (Wildman–Crippen MR) is 52.8 cm³/mol. The minimum Gasteiger partial charge on any atom is -0.394 e. The summed E-state index contributed by atoms with van der Waals surface area (Å²) in [6, 6.07) is 3.15. The number of alkyl halides is 2. The normalized spacial score (nSPS) is 22.7. The SMILES string of the molecule is Nc1cccn(CCC2CC2(F)F)c1=O. The first-order chi connectivity index (χ1) is 7.00. The van der Waals surface area contributed by atoms with Crippen LogP contribution in [0, 0.1) is 5.92 Å². The Kier molecular flexibility index (Phi) is 2.25. The van der Waals surface area contributed by atoms with Crippen molar-refractivity contribution in [2.24, 2.45) is 5.92 Å². The van der Waals surface area contributed by atoms with Crippen molar-refractivity contribution < 1.29 is 8.78 Å². The van der Waals surface area contributed by atoms with E-state index in [4.69, 9.17) is 5.73 Å². The summed E-state index contributed by atoms with van der Waals surface area (Å²) in [5, 5.41) is 0. The third kappa shape index (κ3) is 2.00. The monoisotopic (exact) mass is 214 g/mol. The van der Waals surface area contributed by atoms with Gasteiger partial charge in [0, 0.05) is 25.1 Å². The Morgan fingerprint density at radius 3 is 2.87 bits per heavy atom. The van der Waals surface area contributed by atoms with E-state index in [9.17, 15) is 13.6 Å². The second-order valence-electron chi connectivity index (χ2n) is 3.91. The maximum Gasteiger partial charge on any atom is 0.273 e. The summed E-state index contributed by atoms with van der Waals surface area (Å²) in [7, 11) is 0. The van der Waals surface area contributed by atoms with E-state index in [1.807, 2.05) is 0 Å². The van der Waals surface area contributed by atoms with Gasteiger partial charge in [0.05, 0.1) is 5.69 Å². The Labute approximate surface area is 85.5 Å². The van der Waals surface area contributed by atoms with Gasteiger partial charge in [-0.05, 0) is 18.6 Å². The van der Waals surface area contributed by atoms with Gasteiger partial charge in [-0.1, -0.05) is 0 Å². The number of halogens is 2. The van der Waals surface area contributed by atoms with Crippen LogP contribution >= 0.6 is 0 Å². The molecule has 0 saturated heterocycles. The molecule has 1 aliphatic rings. The van der Waals surface area contributed by atoms with Crippen molar-refractivity contribution in [1.29, 1.82) is 0 Å². The summed E-state index contributed by atoms with van der Waals surface area (Å²) in [5.41, 5.74) is 5.26. The standard InChI is InChI=1S/C10H12F2N2O/c11-10(12)6-7(10)3-5-14-4-1-2-8(13)9(14)15/h1-2,4,7H,3,5-6,13H2. The number of nitrogens with zero attached hydrogens (tertiary/aromatic N) is 1. The molecule has 1 aromatic heterocycles. The lowest BCUT2D eigenvalue weighted by Gasteiger charge is -2.05. The highest BCUT2D eigenvalue weighted by Crippen LogP contribution is 2.50. The molecule has 0 radical (unpaired) electrons. The van der Waals surface area contributed by atoms with Crippen LogP contribution in [0.1, 0.15) is 12.8 Å². The molecular formula is C10H12F2N2O. The molecule has 1 fully saturated rings. The number of hydrogen-bond acceptors (Lipinski definition) is 2. The quantitative estimate of drug-likeness (QED) is 0.828. The smallest absolute Gasteiger partial charge is 0.273 e. The van der Waals surface area contributed by atoms with Crippen molar-refractivity contribution in [2.75, 3.05) is 5.73 Å². The lowest BCUT2D eigenvalue weighted by Crippen LogP contribution is -2.22. The van der Waals surface area contributed by atoms with Gasteiger partial charge in [-0.2, -0.15) is 0 Å². The maximum absolute atomic E-state index is 12.6. The van der Waals surface area contributed by atoms with Crippen LogP contribution in [0.2, 0.25) is 0 Å².